The van der Waals surface area contributed by atoms with Gasteiger partial charge in [0.2, 0.25) is 0 Å². The van der Waals surface area contributed by atoms with Crippen LogP contribution in [0.5, 0.6) is 0 Å². The van der Waals surface area contributed by atoms with E-state index in [-0.39, 0.29) is 88.7 Å². The third-order valence-electron chi connectivity index (χ3n) is 4.74. The van der Waals surface area contributed by atoms with Crippen molar-refractivity contribution in [3.05, 3.63) is 0 Å². The Morgan fingerprint density at radius 3 is 1.41 bits per heavy atom. The molecule has 13 nitrogen and oxygen atoms in total. The summed E-state index contributed by atoms with van der Waals surface area (Å²) in [6.45, 7) is 8.20. The molecule has 0 aromatic heterocycles. The van der Waals surface area contributed by atoms with Gasteiger partial charge in [0.25, 0.3) is 0 Å². The fourth-order valence-corrected chi connectivity index (χ4v) is 2.64. The fraction of sp³-hybridized carbons (Fsp3) is 1.00. The average molecular weight is 617 g/mol. The zero-order chi connectivity index (χ0) is 27.2. The molecule has 4 saturated heterocycles. The van der Waals surface area contributed by atoms with Gasteiger partial charge in [-0.1, -0.05) is 51.9 Å². The summed E-state index contributed by atoms with van der Waals surface area (Å²) in [5.74, 6) is 0. The molecule has 39 heavy (non-hydrogen) atoms. The summed E-state index contributed by atoms with van der Waals surface area (Å²) in [6.07, 6.45) is 3.58. The van der Waals surface area contributed by atoms with Crippen molar-refractivity contribution >= 4 is 7.82 Å². The Morgan fingerprint density at radius 2 is 1.08 bits per heavy atom. The van der Waals surface area contributed by atoms with E-state index in [2.05, 4.69) is 21.1 Å². The first-order valence-corrected chi connectivity index (χ1v) is 14.0. The molecular formula is C22H44Na3O13P. The first-order chi connectivity index (χ1) is 17.1. The van der Waals surface area contributed by atoms with E-state index in [9.17, 15) is 15.3 Å². The van der Waals surface area contributed by atoms with Crippen molar-refractivity contribution in [3.8, 4) is 0 Å². The summed E-state index contributed by atoms with van der Waals surface area (Å²) < 4.78 is 32.8. The van der Waals surface area contributed by atoms with E-state index < -0.39 is 45.1 Å². The molecule has 0 amide bonds. The number of aliphatic hydroxyl groups excluding tert-OH is 4. The second-order valence-corrected chi connectivity index (χ2v) is 9.22. The standard InChI is InChI=1S/C16H32O6.3C2H4O.3Na.H3O4P/c1-2-3-4-5-6-7-8-9-10-21-16-15(20)14(19)13(18)12(11-17)22-16;3*1-2-3-1;;;;1-5(2,3)4/h12-20H,2-11H2,1H3;3*1-2H2;;;;(H3,1,2,3,4)/q;;;;3*+1;/p-3/t12-,13-,14+,15-,16?;;;;;;;/m1......./s1. The summed E-state index contributed by atoms with van der Waals surface area (Å²) in [4.78, 5) is 25.6. The number of ether oxygens (including phenoxy) is 5. The number of hydrogen-bond donors (Lipinski definition) is 4. The average Bonchev–Trinajstić information content (AvgIpc) is 3.67. The van der Waals surface area contributed by atoms with Gasteiger partial charge in [0.05, 0.1) is 46.2 Å². The van der Waals surface area contributed by atoms with Crippen LogP contribution in [0.4, 0.5) is 0 Å². The van der Waals surface area contributed by atoms with Crippen molar-refractivity contribution in [3.63, 3.8) is 0 Å². The minimum atomic E-state index is -5.39. The molecule has 5 atom stereocenters. The van der Waals surface area contributed by atoms with Gasteiger partial charge in [-0.3, -0.25) is 0 Å². The molecule has 4 fully saturated rings. The molecule has 17 heteroatoms. The zero-order valence-electron chi connectivity index (χ0n) is 24.1. The van der Waals surface area contributed by atoms with Crippen LogP contribution in [0, 0.1) is 0 Å². The molecule has 4 rings (SSSR count). The largest absolute Gasteiger partial charge is 1.00 e. The van der Waals surface area contributed by atoms with Crippen molar-refractivity contribution in [1.29, 1.82) is 0 Å². The van der Waals surface area contributed by atoms with Crippen LogP contribution in [0.25, 0.3) is 0 Å². The minimum Gasteiger partial charge on any atom is -0.822 e. The maximum atomic E-state index is 9.80. The van der Waals surface area contributed by atoms with E-state index in [4.69, 9.17) is 33.8 Å². The molecule has 4 N–H and O–H groups in total. The molecule has 4 aliphatic rings. The molecule has 1 unspecified atom stereocenters. The smallest absolute Gasteiger partial charge is 0.822 e. The monoisotopic (exact) mass is 616 g/mol. The first kappa shape index (κ1) is 48.6. The minimum absolute atomic E-state index is 0. The number of epoxide rings is 3. The van der Waals surface area contributed by atoms with E-state index in [0.29, 0.717) is 6.61 Å². The van der Waals surface area contributed by atoms with Crippen molar-refractivity contribution in [2.45, 2.75) is 89.0 Å². The normalized spacial score (nSPS) is 25.3. The van der Waals surface area contributed by atoms with Crippen LogP contribution in [0.15, 0.2) is 0 Å². The zero-order valence-corrected chi connectivity index (χ0v) is 31.0. The van der Waals surface area contributed by atoms with E-state index in [1.165, 1.54) is 38.5 Å². The molecule has 0 bridgehead atoms. The SMILES string of the molecule is C1CO1.C1CO1.C1CO1.CCCCCCCCCCOC1O[C@H](CO)[C@@H](O)[C@H](O)[C@H]1O.O=P([O-])([O-])[O-].[Na+].[Na+].[Na+]. The second kappa shape index (κ2) is 32.2. The number of hydrogen-bond acceptors (Lipinski definition) is 13. The molecule has 0 aromatic carbocycles. The third-order valence-corrected chi connectivity index (χ3v) is 4.74. The molecule has 0 spiro atoms. The van der Waals surface area contributed by atoms with Crippen LogP contribution >= 0.6 is 7.82 Å². The van der Waals surface area contributed by atoms with Crippen LogP contribution in [0.2, 0.25) is 0 Å². The van der Waals surface area contributed by atoms with Crippen LogP contribution in [0.3, 0.4) is 0 Å². The van der Waals surface area contributed by atoms with Crippen molar-refractivity contribution < 1.29 is 152 Å². The van der Waals surface area contributed by atoms with Gasteiger partial charge in [0.1, 0.15) is 24.4 Å². The Balaban J connectivity index is -0.000000291. The molecule has 4 heterocycles. The van der Waals surface area contributed by atoms with Gasteiger partial charge in [0, 0.05) is 6.61 Å². The van der Waals surface area contributed by atoms with Crippen LogP contribution in [-0.2, 0) is 28.2 Å². The van der Waals surface area contributed by atoms with E-state index in [1.54, 1.807) is 0 Å². The van der Waals surface area contributed by atoms with Gasteiger partial charge >= 0.3 is 88.7 Å². The quantitative estimate of drug-likeness (QED) is 0.0734. The van der Waals surface area contributed by atoms with Gasteiger partial charge in [-0.2, -0.15) is 7.82 Å². The van der Waals surface area contributed by atoms with Crippen molar-refractivity contribution in [2.75, 3.05) is 52.9 Å². The van der Waals surface area contributed by atoms with Crippen molar-refractivity contribution in [2.24, 2.45) is 0 Å². The van der Waals surface area contributed by atoms with Gasteiger partial charge < -0.3 is 63.4 Å². The van der Waals surface area contributed by atoms with Crippen LogP contribution < -0.4 is 103 Å². The Morgan fingerprint density at radius 1 is 0.718 bits per heavy atom. The van der Waals surface area contributed by atoms with Gasteiger partial charge in [0.15, 0.2) is 6.29 Å². The van der Waals surface area contributed by atoms with E-state index in [0.717, 1.165) is 52.5 Å². The van der Waals surface area contributed by atoms with Gasteiger partial charge in [-0.05, 0) is 6.42 Å². The predicted molar refractivity (Wildman–Crippen MR) is 122 cm³/mol. The summed E-state index contributed by atoms with van der Waals surface area (Å²) in [7, 11) is -5.39. The Kier molecular flexibility index (Phi) is 40.1. The number of unbranched alkanes of at least 4 members (excludes halogenated alkanes) is 7. The topological polar surface area (TPSA) is 223 Å². The molecule has 0 aliphatic carbocycles. The molecular weight excluding hydrogens is 572 g/mol. The summed E-state index contributed by atoms with van der Waals surface area (Å²) in [6, 6.07) is 0. The maximum absolute atomic E-state index is 9.80. The first-order valence-electron chi connectivity index (χ1n) is 12.5. The van der Waals surface area contributed by atoms with Crippen LogP contribution in [-0.4, -0.2) is 104 Å². The third kappa shape index (κ3) is 40.8. The molecule has 0 aromatic rings. The van der Waals surface area contributed by atoms with E-state index >= 15 is 0 Å². The molecule has 218 valence electrons. The Labute approximate surface area is 298 Å². The molecule has 0 saturated carbocycles. The van der Waals surface area contributed by atoms with Gasteiger partial charge in [-0.25, -0.2) is 0 Å². The van der Waals surface area contributed by atoms with Gasteiger partial charge in [-0.15, -0.1) is 0 Å². The number of rotatable bonds is 11. The van der Waals surface area contributed by atoms with Crippen LogP contribution in [0.1, 0.15) is 58.3 Å². The second-order valence-electron chi connectivity index (χ2n) is 8.33. The molecule has 0 radical (unpaired) electrons. The number of phosphoric acid groups is 1. The fourth-order valence-electron chi connectivity index (χ4n) is 2.64. The maximum Gasteiger partial charge on any atom is 1.00 e. The summed E-state index contributed by atoms with van der Waals surface area (Å²) in [5.41, 5.74) is 0. The summed E-state index contributed by atoms with van der Waals surface area (Å²) in [5, 5.41) is 38.2. The summed E-state index contributed by atoms with van der Waals surface area (Å²) >= 11 is 0. The van der Waals surface area contributed by atoms with Crippen molar-refractivity contribution in [1.82, 2.24) is 0 Å². The Hall–Kier alpha value is 2.75. The Bertz CT molecular complexity index is 513. The van der Waals surface area contributed by atoms with E-state index in [1.807, 2.05) is 0 Å². The number of aliphatic hydroxyl groups is 4. The molecule has 4 aliphatic heterocycles. The predicted octanol–water partition coefficient (Wildman–Crippen LogP) is -10.8.